The summed E-state index contributed by atoms with van der Waals surface area (Å²) in [6.45, 7) is 4.91. The molecule has 35 heavy (non-hydrogen) atoms. The van der Waals surface area contributed by atoms with Crippen LogP contribution >= 0.6 is 0 Å². The van der Waals surface area contributed by atoms with Crippen molar-refractivity contribution in [2.24, 2.45) is 0 Å². The molecule has 5 rings (SSSR count). The molecule has 1 aliphatic rings. The summed E-state index contributed by atoms with van der Waals surface area (Å²) in [5, 5.41) is 0. The number of likely N-dealkylation sites (tertiary alicyclic amines) is 1. The maximum atomic E-state index is 12.2. The van der Waals surface area contributed by atoms with E-state index in [0.717, 1.165) is 30.6 Å². The van der Waals surface area contributed by atoms with Crippen molar-refractivity contribution in [3.05, 3.63) is 67.3 Å². The number of amides is 1. The number of aromatic nitrogens is 5. The highest BCUT2D eigenvalue weighted by atomic mass is 16.5. The third-order valence-corrected chi connectivity index (χ3v) is 6.03. The van der Waals surface area contributed by atoms with Crippen LogP contribution < -0.4 is 15.2 Å². The molecule has 1 fully saturated rings. The maximum Gasteiger partial charge on any atom is 0.245 e. The summed E-state index contributed by atoms with van der Waals surface area (Å²) in [7, 11) is 1.58. The molecule has 1 saturated heterocycles. The lowest BCUT2D eigenvalue weighted by Crippen LogP contribution is -2.38. The molecular weight excluding hydrogens is 446 g/mol. The molecule has 2 N–H and O–H groups in total. The van der Waals surface area contributed by atoms with Gasteiger partial charge in [0, 0.05) is 37.5 Å². The second kappa shape index (κ2) is 9.41. The number of carbonyl (C=O) groups is 1. The van der Waals surface area contributed by atoms with E-state index in [-0.39, 0.29) is 11.8 Å². The fourth-order valence-electron chi connectivity index (χ4n) is 4.35. The fraction of sp³-hybridized carbons (Fsp3) is 0.240. The molecule has 0 radical (unpaired) electrons. The number of imidazole rings is 1. The standard InChI is InChI=1S/C25H25N7O3/c1-3-22(33)31-12-4-5-16(15-31)23-20-9-11-28-25(26)32(20)24(30-23)19-7-6-18(14-29-19)35-21-13-17(34-2)8-10-27-21/h3,6-11,13-14,16H,1,4-5,12,15H2,2H3,(H2,26,28). The number of nitrogens with zero attached hydrogens (tertiary/aromatic N) is 6. The van der Waals surface area contributed by atoms with Crippen LogP contribution in [0.15, 0.2) is 61.6 Å². The molecular formula is C25H25N7O3. The second-order valence-corrected chi connectivity index (χ2v) is 8.19. The molecule has 1 unspecified atom stereocenters. The fourth-order valence-corrected chi connectivity index (χ4v) is 4.35. The van der Waals surface area contributed by atoms with Gasteiger partial charge in [-0.2, -0.15) is 0 Å². The normalized spacial score (nSPS) is 15.7. The lowest BCUT2D eigenvalue weighted by atomic mass is 9.94. The topological polar surface area (TPSA) is 121 Å². The van der Waals surface area contributed by atoms with E-state index in [1.54, 1.807) is 48.3 Å². The molecule has 1 amide bonds. The summed E-state index contributed by atoms with van der Waals surface area (Å²) in [6.07, 6.45) is 8.05. The number of rotatable bonds is 6. The van der Waals surface area contributed by atoms with Crippen LogP contribution in [0.5, 0.6) is 17.4 Å². The Hall–Kier alpha value is -4.47. The number of nitrogen functional groups attached to an aromatic ring is 1. The van der Waals surface area contributed by atoms with Crippen molar-refractivity contribution in [3.63, 3.8) is 0 Å². The zero-order valence-corrected chi connectivity index (χ0v) is 19.3. The van der Waals surface area contributed by atoms with E-state index < -0.39 is 0 Å². The van der Waals surface area contributed by atoms with Crippen molar-refractivity contribution in [3.8, 4) is 28.9 Å². The van der Waals surface area contributed by atoms with E-state index in [1.807, 2.05) is 17.0 Å². The molecule has 5 heterocycles. The van der Waals surface area contributed by atoms with Gasteiger partial charge >= 0.3 is 0 Å². The van der Waals surface area contributed by atoms with Crippen LogP contribution in [0.25, 0.3) is 17.0 Å². The summed E-state index contributed by atoms with van der Waals surface area (Å²) >= 11 is 0. The van der Waals surface area contributed by atoms with Gasteiger partial charge in [0.2, 0.25) is 17.7 Å². The van der Waals surface area contributed by atoms with Crippen molar-refractivity contribution in [1.82, 2.24) is 29.2 Å². The van der Waals surface area contributed by atoms with Gasteiger partial charge in [0.1, 0.15) is 17.2 Å². The Morgan fingerprint density at radius 2 is 2.03 bits per heavy atom. The Morgan fingerprint density at radius 1 is 1.17 bits per heavy atom. The van der Waals surface area contributed by atoms with Gasteiger partial charge in [-0.15, -0.1) is 0 Å². The van der Waals surface area contributed by atoms with Gasteiger partial charge in [-0.1, -0.05) is 6.58 Å². The SMILES string of the molecule is C=CC(=O)N1CCCC(c2nc(-c3ccc(Oc4cc(OC)ccn4)cn3)n3c(N)nccc23)C1. The molecule has 10 nitrogen and oxygen atoms in total. The number of hydrogen-bond donors (Lipinski definition) is 1. The smallest absolute Gasteiger partial charge is 0.245 e. The summed E-state index contributed by atoms with van der Waals surface area (Å²) in [5.74, 6) is 2.47. The number of hydrogen-bond acceptors (Lipinski definition) is 8. The first kappa shape index (κ1) is 22.3. The minimum absolute atomic E-state index is 0.0672. The average Bonchev–Trinajstić information content (AvgIpc) is 3.30. The monoisotopic (exact) mass is 471 g/mol. The number of nitrogens with two attached hydrogens (primary N) is 1. The van der Waals surface area contributed by atoms with Gasteiger partial charge in [0.05, 0.1) is 24.5 Å². The van der Waals surface area contributed by atoms with Crippen molar-refractivity contribution < 1.29 is 14.3 Å². The quantitative estimate of drug-likeness (QED) is 0.425. The number of ether oxygens (including phenoxy) is 2. The first-order valence-corrected chi connectivity index (χ1v) is 11.3. The molecule has 0 aliphatic carbocycles. The lowest BCUT2D eigenvalue weighted by Gasteiger charge is -2.31. The Labute approximate surface area is 202 Å². The molecule has 4 aromatic rings. The van der Waals surface area contributed by atoms with Crippen molar-refractivity contribution in [2.45, 2.75) is 18.8 Å². The lowest BCUT2D eigenvalue weighted by molar-refractivity contribution is -0.127. The predicted octanol–water partition coefficient (Wildman–Crippen LogP) is 3.46. The number of methoxy groups -OCH3 is 1. The molecule has 0 saturated carbocycles. The molecule has 4 aromatic heterocycles. The molecule has 10 heteroatoms. The third kappa shape index (κ3) is 4.37. The van der Waals surface area contributed by atoms with Crippen LogP contribution in [0.4, 0.5) is 5.95 Å². The van der Waals surface area contributed by atoms with Gasteiger partial charge in [-0.05, 0) is 43.2 Å². The molecule has 1 atom stereocenters. The van der Waals surface area contributed by atoms with Crippen LogP contribution in [0, 0.1) is 0 Å². The third-order valence-electron chi connectivity index (χ3n) is 6.03. The number of carbonyl (C=O) groups excluding carboxylic acids is 1. The van der Waals surface area contributed by atoms with Crippen LogP contribution in [-0.4, -0.2) is 55.3 Å². The Balaban J connectivity index is 1.47. The molecule has 0 bridgehead atoms. The summed E-state index contributed by atoms with van der Waals surface area (Å²) in [5.41, 5.74) is 8.60. The second-order valence-electron chi connectivity index (χ2n) is 8.19. The van der Waals surface area contributed by atoms with E-state index in [2.05, 4.69) is 21.5 Å². The van der Waals surface area contributed by atoms with Crippen LogP contribution in [0.2, 0.25) is 0 Å². The maximum absolute atomic E-state index is 12.2. The highest BCUT2D eigenvalue weighted by molar-refractivity contribution is 5.87. The van der Waals surface area contributed by atoms with Gasteiger partial charge < -0.3 is 20.1 Å². The van der Waals surface area contributed by atoms with Crippen molar-refractivity contribution in [2.75, 3.05) is 25.9 Å². The molecule has 1 aliphatic heterocycles. The largest absolute Gasteiger partial charge is 0.497 e. The van der Waals surface area contributed by atoms with E-state index in [1.165, 1.54) is 6.08 Å². The molecule has 0 spiro atoms. The van der Waals surface area contributed by atoms with E-state index in [4.69, 9.17) is 20.2 Å². The summed E-state index contributed by atoms with van der Waals surface area (Å²) in [4.78, 5) is 32.0. The average molecular weight is 472 g/mol. The first-order chi connectivity index (χ1) is 17.1. The minimum atomic E-state index is -0.0672. The Morgan fingerprint density at radius 3 is 2.80 bits per heavy atom. The van der Waals surface area contributed by atoms with Crippen LogP contribution in [0.1, 0.15) is 24.5 Å². The number of anilines is 1. The van der Waals surface area contributed by atoms with E-state index in [0.29, 0.717) is 41.4 Å². The van der Waals surface area contributed by atoms with Crippen LogP contribution in [-0.2, 0) is 4.79 Å². The zero-order valence-electron chi connectivity index (χ0n) is 19.3. The Bertz CT molecular complexity index is 1380. The number of pyridine rings is 2. The summed E-state index contributed by atoms with van der Waals surface area (Å²) < 4.78 is 12.8. The Kier molecular flexibility index (Phi) is 6.01. The molecule has 0 aromatic carbocycles. The van der Waals surface area contributed by atoms with Crippen molar-refractivity contribution >= 4 is 17.4 Å². The van der Waals surface area contributed by atoms with Gasteiger partial charge in [0.25, 0.3) is 0 Å². The molecule has 178 valence electrons. The summed E-state index contributed by atoms with van der Waals surface area (Å²) in [6, 6.07) is 8.94. The predicted molar refractivity (Wildman–Crippen MR) is 130 cm³/mol. The van der Waals surface area contributed by atoms with E-state index in [9.17, 15) is 4.79 Å². The van der Waals surface area contributed by atoms with Gasteiger partial charge in [-0.3, -0.25) is 9.20 Å². The number of fused-ring (bicyclic) bond motifs is 1. The minimum Gasteiger partial charge on any atom is -0.497 e. The van der Waals surface area contributed by atoms with E-state index >= 15 is 0 Å². The highest BCUT2D eigenvalue weighted by Crippen LogP contribution is 2.33. The first-order valence-electron chi connectivity index (χ1n) is 11.3. The number of piperidine rings is 1. The van der Waals surface area contributed by atoms with Gasteiger partial charge in [0.15, 0.2) is 5.82 Å². The zero-order chi connectivity index (χ0) is 24.4. The van der Waals surface area contributed by atoms with Crippen molar-refractivity contribution in [1.29, 1.82) is 0 Å². The van der Waals surface area contributed by atoms with Gasteiger partial charge in [-0.25, -0.2) is 19.9 Å². The highest BCUT2D eigenvalue weighted by Gasteiger charge is 2.28. The van der Waals surface area contributed by atoms with Crippen LogP contribution in [0.3, 0.4) is 0 Å².